The molecule has 5 rings (SSSR count). The van der Waals surface area contributed by atoms with E-state index in [9.17, 15) is 9.18 Å². The second-order valence-electron chi connectivity index (χ2n) is 7.49. The van der Waals surface area contributed by atoms with Gasteiger partial charge in [0.2, 0.25) is 5.78 Å². The van der Waals surface area contributed by atoms with Crippen LogP contribution < -0.4 is 9.47 Å². The van der Waals surface area contributed by atoms with Crippen molar-refractivity contribution in [2.75, 3.05) is 13.3 Å². The quantitative estimate of drug-likeness (QED) is 0.543. The highest BCUT2D eigenvalue weighted by atomic mass is 32.1. The molecule has 6 heteroatoms. The summed E-state index contributed by atoms with van der Waals surface area (Å²) in [5.74, 6) is 0.822. The zero-order valence-corrected chi connectivity index (χ0v) is 17.3. The van der Waals surface area contributed by atoms with Gasteiger partial charge in [0.05, 0.1) is 11.1 Å². The van der Waals surface area contributed by atoms with Gasteiger partial charge in [-0.1, -0.05) is 24.3 Å². The van der Waals surface area contributed by atoms with Crippen molar-refractivity contribution in [3.05, 3.63) is 86.6 Å². The van der Waals surface area contributed by atoms with E-state index >= 15 is 0 Å². The number of nitrogens with zero attached hydrogens (tertiary/aromatic N) is 1. The second kappa shape index (κ2) is 7.70. The smallest absolute Gasteiger partial charge is 0.232 e. The Labute approximate surface area is 178 Å². The molecule has 0 saturated heterocycles. The maximum absolute atomic E-state index is 14.1. The van der Waals surface area contributed by atoms with Crippen LogP contribution in [0.2, 0.25) is 0 Å². The van der Waals surface area contributed by atoms with Crippen molar-refractivity contribution < 1.29 is 18.7 Å². The molecule has 0 spiro atoms. The summed E-state index contributed by atoms with van der Waals surface area (Å²) in [6, 6.07) is 12.4. The molecular formula is C24H20FNO3S. The summed E-state index contributed by atoms with van der Waals surface area (Å²) in [7, 11) is 0. The van der Waals surface area contributed by atoms with Gasteiger partial charge in [-0.2, -0.15) is 0 Å². The summed E-state index contributed by atoms with van der Waals surface area (Å²) in [4.78, 5) is 16.5. The highest BCUT2D eigenvalue weighted by Crippen LogP contribution is 2.44. The van der Waals surface area contributed by atoms with Gasteiger partial charge in [0.1, 0.15) is 24.0 Å². The molecular weight excluding hydrogens is 401 g/mol. The summed E-state index contributed by atoms with van der Waals surface area (Å²) in [5.41, 5.74) is 2.55. The Balaban J connectivity index is 1.44. The van der Waals surface area contributed by atoms with Crippen LogP contribution in [0.1, 0.15) is 31.9 Å². The lowest BCUT2D eigenvalue weighted by Gasteiger charge is -2.30. The molecule has 152 valence electrons. The molecule has 30 heavy (non-hydrogen) atoms. The summed E-state index contributed by atoms with van der Waals surface area (Å²) in [6.45, 7) is 3.87. The molecule has 0 bridgehead atoms. The lowest BCUT2D eigenvalue weighted by molar-refractivity contribution is 0.0951. The third-order valence-electron chi connectivity index (χ3n) is 5.43. The maximum atomic E-state index is 14.1. The molecule has 2 aliphatic rings. The van der Waals surface area contributed by atoms with Crippen molar-refractivity contribution in [2.45, 2.75) is 19.9 Å². The minimum absolute atomic E-state index is 0.141. The normalized spacial score (nSPS) is 16.9. The number of ketones is 1. The Morgan fingerprint density at radius 2 is 2.10 bits per heavy atom. The zero-order valence-electron chi connectivity index (χ0n) is 16.5. The Morgan fingerprint density at radius 3 is 2.90 bits per heavy atom. The minimum atomic E-state index is -0.390. The van der Waals surface area contributed by atoms with E-state index in [4.69, 9.17) is 9.47 Å². The van der Waals surface area contributed by atoms with Crippen LogP contribution in [0.15, 0.2) is 53.6 Å². The van der Waals surface area contributed by atoms with Crippen LogP contribution in [-0.2, 0) is 13.0 Å². The molecule has 0 aliphatic carbocycles. The lowest BCUT2D eigenvalue weighted by Crippen LogP contribution is -2.33. The van der Waals surface area contributed by atoms with E-state index in [0.717, 1.165) is 29.8 Å². The van der Waals surface area contributed by atoms with Crippen molar-refractivity contribution in [2.24, 2.45) is 0 Å². The summed E-state index contributed by atoms with van der Waals surface area (Å²) in [6.07, 6.45) is 2.42. The predicted molar refractivity (Wildman–Crippen MR) is 114 cm³/mol. The van der Waals surface area contributed by atoms with Crippen LogP contribution >= 0.6 is 11.3 Å². The first-order chi connectivity index (χ1) is 14.6. The van der Waals surface area contributed by atoms with Crippen LogP contribution in [0.3, 0.4) is 0 Å². The van der Waals surface area contributed by atoms with E-state index in [1.165, 1.54) is 17.0 Å². The fourth-order valence-electron chi connectivity index (χ4n) is 3.88. The Hall–Kier alpha value is -2.96. The van der Waals surface area contributed by atoms with Crippen LogP contribution in [0.4, 0.5) is 4.39 Å². The van der Waals surface area contributed by atoms with Crippen LogP contribution in [0, 0.1) is 12.7 Å². The Kier molecular flexibility index (Phi) is 4.89. The first kappa shape index (κ1) is 19.0. The molecule has 2 aromatic carbocycles. The second-order valence-corrected chi connectivity index (χ2v) is 8.52. The summed E-state index contributed by atoms with van der Waals surface area (Å²) in [5, 5.41) is 2.08. The zero-order chi connectivity index (χ0) is 20.7. The van der Waals surface area contributed by atoms with Crippen molar-refractivity contribution in [1.82, 2.24) is 4.90 Å². The number of aryl methyl sites for hydroxylation is 1. The number of rotatable bonds is 4. The van der Waals surface area contributed by atoms with E-state index < -0.39 is 0 Å². The molecule has 4 nitrogen and oxygen atoms in total. The van der Waals surface area contributed by atoms with E-state index in [-0.39, 0.29) is 17.4 Å². The Bertz CT molecular complexity index is 1150. The molecule has 2 aliphatic heterocycles. The molecule has 0 atom stereocenters. The van der Waals surface area contributed by atoms with Gasteiger partial charge in [-0.15, -0.1) is 11.3 Å². The van der Waals surface area contributed by atoms with Gasteiger partial charge >= 0.3 is 0 Å². The van der Waals surface area contributed by atoms with Gasteiger partial charge in [-0.05, 0) is 48.6 Å². The number of Topliss-reactive ketones (excluding diaryl/α,β-unsaturated/α-hetero) is 1. The molecule has 3 aromatic rings. The van der Waals surface area contributed by atoms with Crippen molar-refractivity contribution in [3.8, 4) is 11.5 Å². The number of hydrogen-bond donors (Lipinski definition) is 0. The van der Waals surface area contributed by atoms with E-state index in [1.807, 2.05) is 13.0 Å². The van der Waals surface area contributed by atoms with Crippen LogP contribution in [-0.4, -0.2) is 24.0 Å². The summed E-state index contributed by atoms with van der Waals surface area (Å²) < 4.78 is 26.0. The number of ether oxygens (including phenoxy) is 2. The van der Waals surface area contributed by atoms with Gasteiger partial charge in [-0.25, -0.2) is 4.39 Å². The fourth-order valence-corrected chi connectivity index (χ4v) is 4.57. The average molecular weight is 421 g/mol. The molecule has 1 aromatic heterocycles. The van der Waals surface area contributed by atoms with Crippen molar-refractivity contribution in [3.63, 3.8) is 0 Å². The van der Waals surface area contributed by atoms with Crippen molar-refractivity contribution >= 4 is 23.2 Å². The third-order valence-corrected chi connectivity index (χ3v) is 6.37. The molecule has 0 N–H and O–H groups in total. The molecule has 0 fully saturated rings. The number of halogens is 1. The van der Waals surface area contributed by atoms with Crippen LogP contribution in [0.5, 0.6) is 11.5 Å². The monoisotopic (exact) mass is 421 g/mol. The number of hydrogen-bond acceptors (Lipinski definition) is 5. The predicted octanol–water partition coefficient (Wildman–Crippen LogP) is 5.21. The first-order valence-corrected chi connectivity index (χ1v) is 10.7. The van der Waals surface area contributed by atoms with E-state index in [2.05, 4.69) is 22.4 Å². The standard InChI is InChI=1S/C24H20FNO3S/c1-15-11-20-18(13-26(14-28-20)9-8-17-6-4-10-30-17)24-22(15)23(27)21(29-24)12-16-5-2-3-7-19(16)25/h2-7,10-12H,8-9,13-14H2,1H3/b21-12-. The van der Waals surface area contributed by atoms with Gasteiger partial charge in [-0.3, -0.25) is 9.69 Å². The number of fused-ring (bicyclic) bond motifs is 3. The molecule has 0 amide bonds. The number of thiophene rings is 1. The number of carbonyl (C=O) groups excluding carboxylic acids is 1. The SMILES string of the molecule is Cc1cc2c(c3c1C(=O)/C(=C/c1ccccc1F)O3)CN(CCc1cccs1)CO2. The lowest BCUT2D eigenvalue weighted by atomic mass is 9.98. The van der Waals surface area contributed by atoms with Gasteiger partial charge in [0.25, 0.3) is 0 Å². The van der Waals surface area contributed by atoms with Gasteiger partial charge in [0, 0.05) is 23.5 Å². The summed E-state index contributed by atoms with van der Waals surface area (Å²) >= 11 is 1.75. The Morgan fingerprint density at radius 1 is 1.23 bits per heavy atom. The molecule has 0 unspecified atom stereocenters. The van der Waals surface area contributed by atoms with Crippen LogP contribution in [0.25, 0.3) is 6.08 Å². The first-order valence-electron chi connectivity index (χ1n) is 9.83. The highest BCUT2D eigenvalue weighted by molar-refractivity contribution is 7.09. The van der Waals surface area contributed by atoms with Gasteiger partial charge in [0.15, 0.2) is 5.76 Å². The minimum Gasteiger partial charge on any atom is -0.478 e. The maximum Gasteiger partial charge on any atom is 0.232 e. The average Bonchev–Trinajstić information content (AvgIpc) is 3.37. The van der Waals surface area contributed by atoms with Gasteiger partial charge < -0.3 is 9.47 Å². The topological polar surface area (TPSA) is 38.8 Å². The fraction of sp³-hybridized carbons (Fsp3) is 0.208. The van der Waals surface area contributed by atoms with E-state index in [0.29, 0.717) is 30.2 Å². The molecule has 0 saturated carbocycles. The molecule has 3 heterocycles. The largest absolute Gasteiger partial charge is 0.478 e. The van der Waals surface area contributed by atoms with E-state index in [1.54, 1.807) is 29.5 Å². The third kappa shape index (κ3) is 3.42. The highest BCUT2D eigenvalue weighted by Gasteiger charge is 2.35. The van der Waals surface area contributed by atoms with Crippen molar-refractivity contribution in [1.29, 1.82) is 0 Å². The number of carbonyl (C=O) groups is 1. The number of benzene rings is 2. The molecule has 0 radical (unpaired) electrons. The number of allylic oxidation sites excluding steroid dienone is 1.